The van der Waals surface area contributed by atoms with E-state index in [1.54, 1.807) is 7.11 Å². The zero-order valence-electron chi connectivity index (χ0n) is 12.3. The zero-order valence-corrected chi connectivity index (χ0v) is 12.3. The van der Waals surface area contributed by atoms with Crippen LogP contribution in [0.3, 0.4) is 0 Å². The molecular weight excluding hydrogens is 258 g/mol. The molecule has 21 heavy (non-hydrogen) atoms. The van der Waals surface area contributed by atoms with Crippen molar-refractivity contribution >= 4 is 0 Å². The lowest BCUT2D eigenvalue weighted by Crippen LogP contribution is -2.21. The number of ether oxygens (including phenoxy) is 1. The largest absolute Gasteiger partial charge is 0.497 e. The second-order valence-corrected chi connectivity index (χ2v) is 5.61. The van der Waals surface area contributed by atoms with E-state index in [0.717, 1.165) is 18.6 Å². The summed E-state index contributed by atoms with van der Waals surface area (Å²) >= 11 is 0. The van der Waals surface area contributed by atoms with Crippen molar-refractivity contribution in [1.82, 2.24) is 0 Å². The van der Waals surface area contributed by atoms with Crippen LogP contribution >= 0.6 is 0 Å². The van der Waals surface area contributed by atoms with E-state index < -0.39 is 0 Å². The minimum absolute atomic E-state index is 0.320. The number of fused-ring (bicyclic) bond motifs is 1. The van der Waals surface area contributed by atoms with Gasteiger partial charge in [0.2, 0.25) is 0 Å². The summed E-state index contributed by atoms with van der Waals surface area (Å²) in [4.78, 5) is 0. The van der Waals surface area contributed by atoms with Gasteiger partial charge in [-0.3, -0.25) is 0 Å². The molecule has 0 N–H and O–H groups in total. The molecule has 1 aliphatic carbocycles. The molecule has 2 nitrogen and oxygen atoms in total. The fraction of sp³-hybridized carbons (Fsp3) is 0.316. The third kappa shape index (κ3) is 2.64. The van der Waals surface area contributed by atoms with E-state index in [2.05, 4.69) is 42.5 Å². The van der Waals surface area contributed by atoms with Crippen molar-refractivity contribution in [1.29, 1.82) is 5.26 Å². The number of nitriles is 1. The van der Waals surface area contributed by atoms with Gasteiger partial charge >= 0.3 is 0 Å². The van der Waals surface area contributed by atoms with Crippen molar-refractivity contribution in [2.45, 2.75) is 25.2 Å². The highest BCUT2D eigenvalue weighted by Gasteiger charge is 2.30. The number of benzene rings is 2. The van der Waals surface area contributed by atoms with Gasteiger partial charge in [0.25, 0.3) is 0 Å². The fourth-order valence-electron chi connectivity index (χ4n) is 3.44. The van der Waals surface area contributed by atoms with E-state index in [9.17, 15) is 0 Å². The maximum Gasteiger partial charge on any atom is 0.119 e. The quantitative estimate of drug-likeness (QED) is 0.837. The fourth-order valence-corrected chi connectivity index (χ4v) is 3.44. The summed E-state index contributed by atoms with van der Waals surface area (Å²) < 4.78 is 5.34. The SMILES string of the molecule is COc1ccc2c(c1)CC[C@@H](CC#N)[C@@H]2c1ccccc1. The van der Waals surface area contributed by atoms with Gasteiger partial charge in [-0.25, -0.2) is 0 Å². The molecule has 2 aromatic carbocycles. The lowest BCUT2D eigenvalue weighted by Gasteiger charge is -2.33. The molecule has 0 spiro atoms. The maximum atomic E-state index is 9.14. The summed E-state index contributed by atoms with van der Waals surface area (Å²) in [6.45, 7) is 0. The third-order valence-electron chi connectivity index (χ3n) is 4.45. The van der Waals surface area contributed by atoms with Crippen LogP contribution in [0.4, 0.5) is 0 Å². The second kappa shape index (κ2) is 6.01. The molecule has 0 aromatic heterocycles. The molecule has 2 heteroatoms. The highest BCUT2D eigenvalue weighted by atomic mass is 16.5. The molecule has 0 bridgehead atoms. The summed E-state index contributed by atoms with van der Waals surface area (Å²) in [7, 11) is 1.71. The van der Waals surface area contributed by atoms with E-state index in [-0.39, 0.29) is 0 Å². The van der Waals surface area contributed by atoms with Gasteiger partial charge in [-0.15, -0.1) is 0 Å². The molecule has 2 aromatic rings. The van der Waals surface area contributed by atoms with Crippen molar-refractivity contribution in [2.75, 3.05) is 7.11 Å². The molecule has 2 atom stereocenters. The molecule has 0 saturated carbocycles. The van der Waals surface area contributed by atoms with E-state index in [0.29, 0.717) is 18.3 Å². The highest BCUT2D eigenvalue weighted by Crippen LogP contribution is 2.43. The van der Waals surface area contributed by atoms with Crippen LogP contribution in [0, 0.1) is 17.2 Å². The lowest BCUT2D eigenvalue weighted by atomic mass is 9.71. The Balaban J connectivity index is 2.07. The first-order chi connectivity index (χ1) is 10.3. The minimum atomic E-state index is 0.320. The molecule has 1 aliphatic rings. The molecule has 0 fully saturated rings. The van der Waals surface area contributed by atoms with Gasteiger partial charge in [0.05, 0.1) is 13.2 Å². The van der Waals surface area contributed by atoms with Gasteiger partial charge in [-0.2, -0.15) is 5.26 Å². The number of hydrogen-bond acceptors (Lipinski definition) is 2. The van der Waals surface area contributed by atoms with Crippen LogP contribution in [0.2, 0.25) is 0 Å². The monoisotopic (exact) mass is 277 g/mol. The van der Waals surface area contributed by atoms with Crippen molar-refractivity contribution in [3.05, 3.63) is 65.2 Å². The Bertz CT molecular complexity index is 657. The zero-order chi connectivity index (χ0) is 14.7. The molecule has 106 valence electrons. The van der Waals surface area contributed by atoms with Crippen LogP contribution in [-0.4, -0.2) is 7.11 Å². The Hall–Kier alpha value is -2.27. The van der Waals surface area contributed by atoms with Crippen LogP contribution in [0.15, 0.2) is 48.5 Å². The standard InChI is InChI=1S/C19H19NO/c1-21-17-9-10-18-16(13-17)8-7-15(11-12-20)19(18)14-5-3-2-4-6-14/h2-6,9-10,13,15,19H,7-8,11H2,1H3/t15-,19-/m0/s1. The number of methoxy groups -OCH3 is 1. The molecule has 0 heterocycles. The van der Waals surface area contributed by atoms with Crippen LogP contribution in [0.5, 0.6) is 5.75 Å². The molecule has 3 rings (SSSR count). The van der Waals surface area contributed by atoms with Crippen molar-refractivity contribution < 1.29 is 4.74 Å². The van der Waals surface area contributed by atoms with Crippen LogP contribution in [0.1, 0.15) is 35.4 Å². The van der Waals surface area contributed by atoms with E-state index in [1.165, 1.54) is 16.7 Å². The number of aryl methyl sites for hydroxylation is 1. The van der Waals surface area contributed by atoms with Crippen LogP contribution < -0.4 is 4.74 Å². The topological polar surface area (TPSA) is 33.0 Å². The number of nitrogens with zero attached hydrogens (tertiary/aromatic N) is 1. The van der Waals surface area contributed by atoms with E-state index in [4.69, 9.17) is 10.00 Å². The van der Waals surface area contributed by atoms with E-state index >= 15 is 0 Å². The van der Waals surface area contributed by atoms with E-state index in [1.807, 2.05) is 12.1 Å². The molecule has 0 amide bonds. The lowest BCUT2D eigenvalue weighted by molar-refractivity contribution is 0.402. The molecule has 0 unspecified atom stereocenters. The van der Waals surface area contributed by atoms with Gasteiger partial charge in [0, 0.05) is 12.3 Å². The number of hydrogen-bond donors (Lipinski definition) is 0. The smallest absolute Gasteiger partial charge is 0.119 e. The summed E-state index contributed by atoms with van der Waals surface area (Å²) in [5.74, 6) is 1.64. The Labute approximate surface area is 126 Å². The van der Waals surface area contributed by atoms with Crippen LogP contribution in [0.25, 0.3) is 0 Å². The van der Waals surface area contributed by atoms with Gasteiger partial charge < -0.3 is 4.74 Å². The van der Waals surface area contributed by atoms with Crippen molar-refractivity contribution in [3.63, 3.8) is 0 Å². The van der Waals surface area contributed by atoms with Gasteiger partial charge in [-0.05, 0) is 47.6 Å². The first-order valence-corrected chi connectivity index (χ1v) is 7.42. The maximum absolute atomic E-state index is 9.14. The molecule has 0 aliphatic heterocycles. The van der Waals surface area contributed by atoms with Gasteiger partial charge in [0.1, 0.15) is 5.75 Å². The predicted octanol–water partition coefficient (Wildman–Crippen LogP) is 4.30. The summed E-state index contributed by atoms with van der Waals surface area (Å²) in [5.41, 5.74) is 4.02. The van der Waals surface area contributed by atoms with Gasteiger partial charge in [0.15, 0.2) is 0 Å². The predicted molar refractivity (Wildman–Crippen MR) is 83.3 cm³/mol. The number of rotatable bonds is 3. The van der Waals surface area contributed by atoms with Gasteiger partial charge in [-0.1, -0.05) is 36.4 Å². The Morgan fingerprint density at radius 1 is 1.19 bits per heavy atom. The summed E-state index contributed by atoms with van der Waals surface area (Å²) in [5, 5.41) is 9.14. The summed E-state index contributed by atoms with van der Waals surface area (Å²) in [6.07, 6.45) is 2.71. The molecule has 0 radical (unpaired) electrons. The normalized spacial score (nSPS) is 20.4. The first-order valence-electron chi connectivity index (χ1n) is 7.42. The Morgan fingerprint density at radius 2 is 2.00 bits per heavy atom. The van der Waals surface area contributed by atoms with Crippen molar-refractivity contribution in [3.8, 4) is 11.8 Å². The van der Waals surface area contributed by atoms with Crippen LogP contribution in [-0.2, 0) is 6.42 Å². The first kappa shape index (κ1) is 13.7. The molecular formula is C19H19NO. The Kier molecular flexibility index (Phi) is 3.92. The molecule has 0 saturated heterocycles. The Morgan fingerprint density at radius 3 is 2.71 bits per heavy atom. The highest BCUT2D eigenvalue weighted by molar-refractivity contribution is 5.44. The average molecular weight is 277 g/mol. The third-order valence-corrected chi connectivity index (χ3v) is 4.45. The summed E-state index contributed by atoms with van der Waals surface area (Å²) in [6, 6.07) is 19.3. The minimum Gasteiger partial charge on any atom is -0.497 e. The second-order valence-electron chi connectivity index (χ2n) is 5.61. The average Bonchev–Trinajstić information content (AvgIpc) is 2.55. The van der Waals surface area contributed by atoms with Crippen molar-refractivity contribution in [2.24, 2.45) is 5.92 Å².